The van der Waals surface area contributed by atoms with Gasteiger partial charge in [-0.3, -0.25) is 4.99 Å². The number of benzene rings is 1. The molecule has 2 atom stereocenters. The second-order valence-corrected chi connectivity index (χ2v) is 6.91. The summed E-state index contributed by atoms with van der Waals surface area (Å²) in [5, 5.41) is 7.44. The molecule has 4 nitrogen and oxygen atoms in total. The van der Waals surface area contributed by atoms with Crippen LogP contribution < -0.4 is 10.6 Å². The number of fused-ring (bicyclic) bond motifs is 1. The van der Waals surface area contributed by atoms with Crippen LogP contribution in [0, 0.1) is 5.92 Å². The van der Waals surface area contributed by atoms with Crippen LogP contribution in [0.1, 0.15) is 20.3 Å². The number of allylic oxidation sites excluding steroid dienone is 1. The Kier molecular flexibility index (Phi) is 6.81. The summed E-state index contributed by atoms with van der Waals surface area (Å²) in [6.07, 6.45) is 5.01. The Hall–Kier alpha value is -2.33. The minimum Gasteiger partial charge on any atom is -0.371 e. The maximum Gasteiger partial charge on any atom is 0.127 e. The zero-order chi connectivity index (χ0) is 19.2. The first-order chi connectivity index (χ1) is 12.6. The SMILES string of the molecule is C=C.C=C/C(=C\C)CN=C1Nc2ccccc2NC12CCN(C)CC2C. The molecule has 4 heteroatoms. The maximum absolute atomic E-state index is 4.96. The Labute approximate surface area is 158 Å². The predicted octanol–water partition coefficient (Wildman–Crippen LogP) is 4.57. The number of likely N-dealkylation sites (tertiary alicyclic amines) is 1. The van der Waals surface area contributed by atoms with Crippen LogP contribution in [-0.2, 0) is 0 Å². The van der Waals surface area contributed by atoms with Gasteiger partial charge in [-0.1, -0.05) is 37.8 Å². The van der Waals surface area contributed by atoms with Crippen molar-refractivity contribution in [2.45, 2.75) is 25.8 Å². The third-order valence-corrected chi connectivity index (χ3v) is 5.33. The first kappa shape index (κ1) is 20.0. The molecule has 0 amide bonds. The molecule has 0 bridgehead atoms. The van der Waals surface area contributed by atoms with Gasteiger partial charge in [0.1, 0.15) is 11.4 Å². The van der Waals surface area contributed by atoms with Crippen LogP contribution in [0.15, 0.2) is 66.7 Å². The normalized spacial score (nSPS) is 27.0. The molecule has 2 heterocycles. The summed E-state index contributed by atoms with van der Waals surface area (Å²) in [7, 11) is 2.19. The molecule has 2 aliphatic heterocycles. The Morgan fingerprint density at radius 2 is 2.04 bits per heavy atom. The first-order valence-corrected chi connectivity index (χ1v) is 9.24. The minimum atomic E-state index is -0.124. The largest absolute Gasteiger partial charge is 0.371 e. The number of rotatable bonds is 3. The van der Waals surface area contributed by atoms with E-state index >= 15 is 0 Å². The molecule has 1 aromatic rings. The van der Waals surface area contributed by atoms with Gasteiger partial charge in [-0.05, 0) is 44.0 Å². The lowest BCUT2D eigenvalue weighted by Crippen LogP contribution is -2.62. The van der Waals surface area contributed by atoms with Crippen molar-refractivity contribution >= 4 is 17.2 Å². The van der Waals surface area contributed by atoms with Crippen molar-refractivity contribution in [2.24, 2.45) is 10.9 Å². The van der Waals surface area contributed by atoms with Crippen molar-refractivity contribution in [3.8, 4) is 0 Å². The summed E-state index contributed by atoms with van der Waals surface area (Å²) in [5.41, 5.74) is 3.30. The van der Waals surface area contributed by atoms with E-state index < -0.39 is 0 Å². The smallest absolute Gasteiger partial charge is 0.127 e. The molecule has 1 aromatic carbocycles. The van der Waals surface area contributed by atoms with Crippen molar-refractivity contribution in [3.05, 3.63) is 61.7 Å². The molecule has 1 fully saturated rings. The van der Waals surface area contributed by atoms with Crippen molar-refractivity contribution in [2.75, 3.05) is 37.3 Å². The van der Waals surface area contributed by atoms with E-state index in [2.05, 4.69) is 79.6 Å². The van der Waals surface area contributed by atoms with E-state index in [4.69, 9.17) is 4.99 Å². The van der Waals surface area contributed by atoms with Crippen LogP contribution in [-0.4, -0.2) is 43.0 Å². The fourth-order valence-electron chi connectivity index (χ4n) is 3.73. The van der Waals surface area contributed by atoms with Gasteiger partial charge in [-0.25, -0.2) is 0 Å². The number of piperidine rings is 1. The van der Waals surface area contributed by atoms with Crippen LogP contribution >= 0.6 is 0 Å². The van der Waals surface area contributed by atoms with E-state index in [1.807, 2.05) is 13.0 Å². The monoisotopic (exact) mass is 352 g/mol. The van der Waals surface area contributed by atoms with Gasteiger partial charge in [0.25, 0.3) is 0 Å². The molecule has 2 aliphatic rings. The number of amidine groups is 1. The lowest BCUT2D eigenvalue weighted by Gasteiger charge is -2.50. The first-order valence-electron chi connectivity index (χ1n) is 9.24. The number of hydrogen-bond donors (Lipinski definition) is 2. The third kappa shape index (κ3) is 3.91. The van der Waals surface area contributed by atoms with Crippen LogP contribution in [0.5, 0.6) is 0 Å². The van der Waals surface area contributed by atoms with Gasteiger partial charge in [-0.15, -0.1) is 13.2 Å². The van der Waals surface area contributed by atoms with Crippen LogP contribution in [0.25, 0.3) is 0 Å². The van der Waals surface area contributed by atoms with Gasteiger partial charge in [0.05, 0.1) is 17.9 Å². The average molecular weight is 353 g/mol. The fraction of sp³-hybridized carbons (Fsp3) is 0.409. The van der Waals surface area contributed by atoms with Crippen LogP contribution in [0.2, 0.25) is 0 Å². The second-order valence-electron chi connectivity index (χ2n) is 6.91. The molecular weight excluding hydrogens is 320 g/mol. The highest BCUT2D eigenvalue weighted by molar-refractivity contribution is 6.09. The second kappa shape index (κ2) is 8.86. The van der Waals surface area contributed by atoms with Gasteiger partial charge in [-0.2, -0.15) is 0 Å². The summed E-state index contributed by atoms with van der Waals surface area (Å²) in [6.45, 7) is 17.0. The van der Waals surface area contributed by atoms with Gasteiger partial charge in [0.2, 0.25) is 0 Å². The lowest BCUT2D eigenvalue weighted by molar-refractivity contribution is 0.178. The van der Waals surface area contributed by atoms with Crippen LogP contribution in [0.3, 0.4) is 0 Å². The van der Waals surface area contributed by atoms with E-state index in [0.29, 0.717) is 12.5 Å². The number of anilines is 2. The Morgan fingerprint density at radius 3 is 2.65 bits per heavy atom. The standard InChI is InChI=1S/C20H28N4.C2H4/c1-5-16(6-2)13-21-19-20(11-12-24(4)14-15(20)3)23-18-10-8-7-9-17(18)22-19;1-2/h5-10,15,23H,1,11-14H2,2-4H3,(H,21,22);1-2H2/b16-6+;. The molecule has 0 saturated carbocycles. The summed E-state index contributed by atoms with van der Waals surface area (Å²) < 4.78 is 0. The highest BCUT2D eigenvalue weighted by Crippen LogP contribution is 2.39. The van der Waals surface area contributed by atoms with E-state index in [1.165, 1.54) is 5.69 Å². The highest BCUT2D eigenvalue weighted by Gasteiger charge is 2.46. The molecule has 0 aliphatic carbocycles. The number of para-hydroxylation sites is 2. The zero-order valence-electron chi connectivity index (χ0n) is 16.4. The van der Waals surface area contributed by atoms with Crippen molar-refractivity contribution in [3.63, 3.8) is 0 Å². The molecule has 26 heavy (non-hydrogen) atoms. The molecule has 0 aromatic heterocycles. The average Bonchev–Trinajstić information content (AvgIpc) is 2.67. The van der Waals surface area contributed by atoms with Gasteiger partial charge in [0, 0.05) is 13.1 Å². The third-order valence-electron chi connectivity index (χ3n) is 5.33. The van der Waals surface area contributed by atoms with Crippen molar-refractivity contribution < 1.29 is 0 Å². The summed E-state index contributed by atoms with van der Waals surface area (Å²) in [5.74, 6) is 1.52. The number of aliphatic imine (C=N–C) groups is 1. The molecule has 3 rings (SSSR count). The minimum absolute atomic E-state index is 0.124. The number of nitrogens with zero attached hydrogens (tertiary/aromatic N) is 2. The summed E-state index contributed by atoms with van der Waals surface area (Å²) in [6, 6.07) is 8.39. The van der Waals surface area contributed by atoms with Crippen LogP contribution in [0.4, 0.5) is 11.4 Å². The van der Waals surface area contributed by atoms with Gasteiger partial charge < -0.3 is 15.5 Å². The lowest BCUT2D eigenvalue weighted by atomic mass is 9.76. The highest BCUT2D eigenvalue weighted by atomic mass is 15.2. The quantitative estimate of drug-likeness (QED) is 0.618. The molecular formula is C22H32N4. The van der Waals surface area contributed by atoms with E-state index in [0.717, 1.165) is 36.6 Å². The topological polar surface area (TPSA) is 39.7 Å². The Morgan fingerprint density at radius 1 is 1.35 bits per heavy atom. The number of hydrogen-bond acceptors (Lipinski definition) is 3. The molecule has 2 N–H and O–H groups in total. The molecule has 1 saturated heterocycles. The van der Waals surface area contributed by atoms with E-state index in [9.17, 15) is 0 Å². The Bertz CT molecular complexity index is 691. The fourth-order valence-corrected chi connectivity index (χ4v) is 3.73. The Balaban J connectivity index is 0.00000117. The summed E-state index contributed by atoms with van der Waals surface area (Å²) in [4.78, 5) is 7.36. The summed E-state index contributed by atoms with van der Waals surface area (Å²) >= 11 is 0. The van der Waals surface area contributed by atoms with Crippen molar-refractivity contribution in [1.29, 1.82) is 0 Å². The maximum atomic E-state index is 4.96. The molecule has 140 valence electrons. The number of nitrogens with one attached hydrogen (secondary N) is 2. The molecule has 1 spiro atoms. The molecule has 0 radical (unpaired) electrons. The molecule has 2 unspecified atom stereocenters. The van der Waals surface area contributed by atoms with E-state index in [-0.39, 0.29) is 5.54 Å². The van der Waals surface area contributed by atoms with Gasteiger partial charge in [0.15, 0.2) is 0 Å². The van der Waals surface area contributed by atoms with Crippen molar-refractivity contribution in [1.82, 2.24) is 4.90 Å². The predicted molar refractivity (Wildman–Crippen MR) is 115 cm³/mol. The van der Waals surface area contributed by atoms with Gasteiger partial charge >= 0.3 is 0 Å². The zero-order valence-corrected chi connectivity index (χ0v) is 16.4. The van der Waals surface area contributed by atoms with E-state index in [1.54, 1.807) is 0 Å².